The van der Waals surface area contributed by atoms with E-state index in [2.05, 4.69) is 10.6 Å². The van der Waals surface area contributed by atoms with Crippen molar-refractivity contribution in [2.45, 2.75) is 84.3 Å². The van der Waals surface area contributed by atoms with E-state index in [9.17, 15) is 19.5 Å². The minimum absolute atomic E-state index is 0.0485. The maximum absolute atomic E-state index is 13.0. The number of carbonyl (C=O) groups excluding carboxylic acids is 3. The molecule has 0 aromatic heterocycles. The number of alkyl carbamates (subject to hydrolysis) is 1. The molecule has 1 heterocycles. The van der Waals surface area contributed by atoms with Gasteiger partial charge in [-0.15, -0.1) is 0 Å². The van der Waals surface area contributed by atoms with E-state index in [1.165, 1.54) is 4.90 Å². The van der Waals surface area contributed by atoms with Gasteiger partial charge < -0.3 is 30.1 Å². The third kappa shape index (κ3) is 9.59. The van der Waals surface area contributed by atoms with Gasteiger partial charge in [0, 0.05) is 6.54 Å². The number of nitrogens with zero attached hydrogens (tertiary/aromatic N) is 1. The van der Waals surface area contributed by atoms with Crippen LogP contribution in [0.15, 0.2) is 30.3 Å². The van der Waals surface area contributed by atoms with E-state index in [1.54, 1.807) is 20.8 Å². The Bertz CT molecular complexity index is 809. The molecule has 0 saturated carbocycles. The molecule has 0 aliphatic carbocycles. The Morgan fingerprint density at radius 1 is 1.18 bits per heavy atom. The summed E-state index contributed by atoms with van der Waals surface area (Å²) in [6.07, 6.45) is -0.614. The minimum atomic E-state index is -0.961. The molecule has 9 nitrogen and oxygen atoms in total. The molecule has 190 valence electrons. The summed E-state index contributed by atoms with van der Waals surface area (Å²) in [5.74, 6) is -0.233. The van der Waals surface area contributed by atoms with Crippen LogP contribution < -0.4 is 10.6 Å². The molecule has 0 radical (unpaired) electrons. The van der Waals surface area contributed by atoms with E-state index in [-0.39, 0.29) is 25.0 Å². The molecule has 9 heteroatoms. The number of carbonyl (C=O) groups is 3. The van der Waals surface area contributed by atoms with Gasteiger partial charge in [0.2, 0.25) is 5.91 Å². The minimum Gasteiger partial charge on any atom is -0.445 e. The number of amides is 3. The molecule has 1 fully saturated rings. The van der Waals surface area contributed by atoms with Crippen molar-refractivity contribution in [1.82, 2.24) is 15.5 Å². The molecule has 2 unspecified atom stereocenters. The molecule has 1 aliphatic heterocycles. The fourth-order valence-corrected chi connectivity index (χ4v) is 3.72. The van der Waals surface area contributed by atoms with Crippen molar-refractivity contribution in [1.29, 1.82) is 0 Å². The number of aliphatic hydroxyl groups is 1. The van der Waals surface area contributed by atoms with Gasteiger partial charge in [0.05, 0.1) is 18.7 Å². The number of β-amino-alcohol motifs (C(OH)–C–C–N with tert-alkyl or cyclic N) is 1. The van der Waals surface area contributed by atoms with E-state index in [1.807, 2.05) is 44.2 Å². The van der Waals surface area contributed by atoms with Crippen molar-refractivity contribution in [2.75, 3.05) is 13.1 Å². The molecule has 1 aliphatic rings. The van der Waals surface area contributed by atoms with Crippen LogP contribution in [0.25, 0.3) is 0 Å². The average Bonchev–Trinajstić information content (AvgIpc) is 2.92. The van der Waals surface area contributed by atoms with Crippen molar-refractivity contribution < 1.29 is 29.0 Å². The van der Waals surface area contributed by atoms with Gasteiger partial charge in [0.1, 0.15) is 18.2 Å². The number of nitrogens with one attached hydrogen (secondary N) is 2. The molecule has 1 aromatic rings. The highest BCUT2D eigenvalue weighted by Gasteiger charge is 2.32. The van der Waals surface area contributed by atoms with E-state index >= 15 is 0 Å². The zero-order valence-electron chi connectivity index (χ0n) is 20.9. The maximum Gasteiger partial charge on any atom is 0.410 e. The third-order valence-electron chi connectivity index (χ3n) is 5.32. The fourth-order valence-electron chi connectivity index (χ4n) is 3.72. The summed E-state index contributed by atoms with van der Waals surface area (Å²) in [5, 5.41) is 16.2. The molecule has 3 atom stereocenters. The summed E-state index contributed by atoms with van der Waals surface area (Å²) < 4.78 is 10.7. The molecule has 1 saturated heterocycles. The summed E-state index contributed by atoms with van der Waals surface area (Å²) in [5.41, 5.74) is 0.198. The first-order valence-corrected chi connectivity index (χ1v) is 11.9. The largest absolute Gasteiger partial charge is 0.445 e. The number of aliphatic hydroxyl groups excluding tert-OH is 1. The predicted octanol–water partition coefficient (Wildman–Crippen LogP) is 3.20. The van der Waals surface area contributed by atoms with Crippen molar-refractivity contribution in [2.24, 2.45) is 5.92 Å². The predicted molar refractivity (Wildman–Crippen MR) is 128 cm³/mol. The lowest BCUT2D eigenvalue weighted by Gasteiger charge is -2.28. The first-order valence-electron chi connectivity index (χ1n) is 11.9. The van der Waals surface area contributed by atoms with Crippen molar-refractivity contribution in [3.8, 4) is 0 Å². The number of rotatable bonds is 7. The zero-order valence-corrected chi connectivity index (χ0v) is 20.9. The monoisotopic (exact) mass is 477 g/mol. The highest BCUT2D eigenvalue weighted by atomic mass is 16.6. The maximum atomic E-state index is 13.0. The first-order chi connectivity index (χ1) is 15.9. The second-order valence-electron chi connectivity index (χ2n) is 10.1. The second-order valence-corrected chi connectivity index (χ2v) is 10.1. The van der Waals surface area contributed by atoms with E-state index in [0.29, 0.717) is 25.8 Å². The Balaban J connectivity index is 1.93. The van der Waals surface area contributed by atoms with Crippen LogP contribution in [0, 0.1) is 5.92 Å². The number of likely N-dealkylation sites (tertiary alicyclic amines) is 1. The van der Waals surface area contributed by atoms with Gasteiger partial charge in [-0.05, 0) is 51.5 Å². The molecular formula is C25H39N3O6. The van der Waals surface area contributed by atoms with Gasteiger partial charge >= 0.3 is 12.2 Å². The summed E-state index contributed by atoms with van der Waals surface area (Å²) >= 11 is 0. The Morgan fingerprint density at radius 3 is 2.47 bits per heavy atom. The molecular weight excluding hydrogens is 438 g/mol. The van der Waals surface area contributed by atoms with Crippen LogP contribution in [0.3, 0.4) is 0 Å². The van der Waals surface area contributed by atoms with Crippen LogP contribution >= 0.6 is 0 Å². The normalized spacial score (nSPS) is 19.7. The van der Waals surface area contributed by atoms with Crippen molar-refractivity contribution in [3.05, 3.63) is 35.9 Å². The van der Waals surface area contributed by atoms with Gasteiger partial charge in [-0.3, -0.25) is 4.79 Å². The highest BCUT2D eigenvalue weighted by molar-refractivity contribution is 5.86. The number of hydrogen-bond donors (Lipinski definition) is 3. The summed E-state index contributed by atoms with van der Waals surface area (Å²) in [6, 6.07) is 8.03. The average molecular weight is 478 g/mol. The van der Waals surface area contributed by atoms with Gasteiger partial charge in [0.25, 0.3) is 0 Å². The molecule has 1 aromatic carbocycles. The standard InChI is InChI=1S/C25H39N3O6/c1-17(2)14-20(27-23(31)34-25(3,4)5)22(30)26-19-12-9-13-28(15-21(19)29)24(32)33-16-18-10-7-6-8-11-18/h6-8,10-11,17,19-21,29H,9,12-16H2,1-5H3,(H,26,30)(H,27,31)/t19?,20-,21?/m0/s1. The molecule has 3 amide bonds. The lowest BCUT2D eigenvalue weighted by Crippen LogP contribution is -2.54. The second kappa shape index (κ2) is 12.6. The summed E-state index contributed by atoms with van der Waals surface area (Å²) in [6.45, 7) is 9.79. The van der Waals surface area contributed by atoms with E-state index in [0.717, 1.165) is 5.56 Å². The van der Waals surface area contributed by atoms with Gasteiger partial charge in [0.15, 0.2) is 0 Å². The van der Waals surface area contributed by atoms with Gasteiger partial charge in [-0.2, -0.15) is 0 Å². The smallest absolute Gasteiger partial charge is 0.410 e. The molecule has 0 bridgehead atoms. The highest BCUT2D eigenvalue weighted by Crippen LogP contribution is 2.15. The lowest BCUT2D eigenvalue weighted by molar-refractivity contribution is -0.125. The Hall–Kier alpha value is -2.81. The Kier molecular flexibility index (Phi) is 10.2. The Labute approximate surface area is 202 Å². The van der Waals surface area contributed by atoms with Crippen molar-refractivity contribution >= 4 is 18.1 Å². The van der Waals surface area contributed by atoms with Gasteiger partial charge in [-0.25, -0.2) is 9.59 Å². The van der Waals surface area contributed by atoms with Gasteiger partial charge in [-0.1, -0.05) is 44.2 Å². The SMILES string of the molecule is CC(C)C[C@H](NC(=O)OC(C)(C)C)C(=O)NC1CCCN(C(=O)OCc2ccccc2)CC1O. The number of benzene rings is 1. The van der Waals surface area contributed by atoms with Crippen LogP contribution in [0.1, 0.15) is 59.4 Å². The van der Waals surface area contributed by atoms with Crippen LogP contribution in [-0.2, 0) is 20.9 Å². The quantitative estimate of drug-likeness (QED) is 0.555. The zero-order chi connectivity index (χ0) is 25.3. The van der Waals surface area contributed by atoms with Crippen LogP contribution in [0.4, 0.5) is 9.59 Å². The summed E-state index contributed by atoms with van der Waals surface area (Å²) in [7, 11) is 0. The first kappa shape index (κ1) is 27.4. The number of hydrogen-bond acceptors (Lipinski definition) is 6. The third-order valence-corrected chi connectivity index (χ3v) is 5.32. The molecule has 0 spiro atoms. The number of ether oxygens (including phenoxy) is 2. The molecule has 2 rings (SSSR count). The van der Waals surface area contributed by atoms with E-state index in [4.69, 9.17) is 9.47 Å². The topological polar surface area (TPSA) is 117 Å². The van der Waals surface area contributed by atoms with Crippen molar-refractivity contribution in [3.63, 3.8) is 0 Å². The van der Waals surface area contributed by atoms with E-state index < -0.39 is 36.0 Å². The molecule has 34 heavy (non-hydrogen) atoms. The fraction of sp³-hybridized carbons (Fsp3) is 0.640. The van der Waals surface area contributed by atoms with Crippen LogP contribution in [-0.4, -0.2) is 65.0 Å². The lowest BCUT2D eigenvalue weighted by atomic mass is 10.0. The molecule has 3 N–H and O–H groups in total. The van der Waals surface area contributed by atoms with Crippen LogP contribution in [0.5, 0.6) is 0 Å². The summed E-state index contributed by atoms with van der Waals surface area (Å²) in [4.78, 5) is 39.2. The van der Waals surface area contributed by atoms with Crippen LogP contribution in [0.2, 0.25) is 0 Å². The Morgan fingerprint density at radius 2 is 1.85 bits per heavy atom.